The van der Waals surface area contributed by atoms with Crippen molar-refractivity contribution in [1.29, 1.82) is 0 Å². The number of halogens is 1. The molecule has 0 bridgehead atoms. The van der Waals surface area contributed by atoms with Crippen LogP contribution in [0.15, 0.2) is 28.7 Å². The predicted molar refractivity (Wildman–Crippen MR) is 73.3 cm³/mol. The molecule has 1 heterocycles. The zero-order chi connectivity index (χ0) is 13.3. The van der Waals surface area contributed by atoms with E-state index >= 15 is 0 Å². The van der Waals surface area contributed by atoms with Gasteiger partial charge in [-0.15, -0.1) is 11.8 Å². The van der Waals surface area contributed by atoms with Crippen LogP contribution in [0.2, 0.25) is 0 Å². The van der Waals surface area contributed by atoms with E-state index in [1.54, 1.807) is 0 Å². The van der Waals surface area contributed by atoms with Gasteiger partial charge in [-0.25, -0.2) is 4.79 Å². The summed E-state index contributed by atoms with van der Waals surface area (Å²) < 4.78 is 0.957. The third-order valence-corrected chi connectivity index (χ3v) is 4.66. The van der Waals surface area contributed by atoms with Crippen molar-refractivity contribution in [3.8, 4) is 0 Å². The van der Waals surface area contributed by atoms with E-state index in [1.807, 2.05) is 24.3 Å². The average Bonchev–Trinajstić information content (AvgIpc) is 2.74. The van der Waals surface area contributed by atoms with E-state index in [2.05, 4.69) is 15.9 Å². The first-order chi connectivity index (χ1) is 8.50. The predicted octanol–water partition coefficient (Wildman–Crippen LogP) is 2.50. The number of rotatable bonds is 2. The van der Waals surface area contributed by atoms with E-state index in [0.29, 0.717) is 5.75 Å². The Morgan fingerprint density at radius 1 is 1.39 bits per heavy atom. The summed E-state index contributed by atoms with van der Waals surface area (Å²) in [4.78, 5) is 24.2. The topological polar surface area (TPSA) is 57.6 Å². The summed E-state index contributed by atoms with van der Waals surface area (Å²) in [6, 6.07) is 6.86. The standard InChI is InChI=1S/C12H12BrNO3S/c1-7(15)14-10(12(16)17)6-18-11(14)8-2-4-9(13)5-3-8/h2-5,10-11H,6H2,1H3,(H,16,17)/t10-,11+/m0/s1. The van der Waals surface area contributed by atoms with Crippen molar-refractivity contribution in [2.75, 3.05) is 5.75 Å². The van der Waals surface area contributed by atoms with Crippen molar-refractivity contribution in [2.45, 2.75) is 18.3 Å². The smallest absolute Gasteiger partial charge is 0.327 e. The number of hydrogen-bond acceptors (Lipinski definition) is 3. The highest BCUT2D eigenvalue weighted by Gasteiger charge is 2.40. The lowest BCUT2D eigenvalue weighted by Crippen LogP contribution is -2.41. The van der Waals surface area contributed by atoms with Crippen LogP contribution in [0.3, 0.4) is 0 Å². The van der Waals surface area contributed by atoms with Gasteiger partial charge in [0.2, 0.25) is 5.91 Å². The molecule has 1 N–H and O–H groups in total. The lowest BCUT2D eigenvalue weighted by atomic mass is 10.2. The molecule has 1 aromatic rings. The number of benzene rings is 1. The van der Waals surface area contributed by atoms with Crippen molar-refractivity contribution in [2.24, 2.45) is 0 Å². The normalized spacial score (nSPS) is 23.1. The van der Waals surface area contributed by atoms with Gasteiger partial charge in [-0.1, -0.05) is 28.1 Å². The van der Waals surface area contributed by atoms with Gasteiger partial charge in [0.05, 0.1) is 0 Å². The van der Waals surface area contributed by atoms with Gasteiger partial charge in [-0.2, -0.15) is 0 Å². The molecule has 0 spiro atoms. The molecule has 1 fully saturated rings. The largest absolute Gasteiger partial charge is 0.480 e. The second-order valence-corrected chi connectivity index (χ2v) is 6.05. The van der Waals surface area contributed by atoms with Crippen LogP contribution in [-0.2, 0) is 9.59 Å². The summed E-state index contributed by atoms with van der Waals surface area (Å²) >= 11 is 4.83. The van der Waals surface area contributed by atoms with E-state index in [9.17, 15) is 9.59 Å². The quantitative estimate of drug-likeness (QED) is 0.905. The van der Waals surface area contributed by atoms with Crippen LogP contribution in [0, 0.1) is 0 Å². The molecule has 2 rings (SSSR count). The highest BCUT2D eigenvalue weighted by atomic mass is 79.9. The molecule has 0 radical (unpaired) electrons. The molecule has 96 valence electrons. The van der Waals surface area contributed by atoms with Crippen LogP contribution in [0.1, 0.15) is 17.9 Å². The van der Waals surface area contributed by atoms with Crippen LogP contribution in [0.5, 0.6) is 0 Å². The van der Waals surface area contributed by atoms with Crippen LogP contribution in [0.25, 0.3) is 0 Å². The summed E-state index contributed by atoms with van der Waals surface area (Å²) in [5.74, 6) is -0.729. The maximum Gasteiger partial charge on any atom is 0.327 e. The lowest BCUT2D eigenvalue weighted by molar-refractivity contribution is -0.148. The number of amides is 1. The zero-order valence-corrected chi connectivity index (χ0v) is 12.1. The molecule has 1 aromatic carbocycles. The first-order valence-electron chi connectivity index (χ1n) is 5.39. The fourth-order valence-electron chi connectivity index (χ4n) is 1.97. The van der Waals surface area contributed by atoms with Gasteiger partial charge in [0.15, 0.2) is 0 Å². The zero-order valence-electron chi connectivity index (χ0n) is 9.67. The second kappa shape index (κ2) is 5.32. The van der Waals surface area contributed by atoms with Crippen molar-refractivity contribution in [3.05, 3.63) is 34.3 Å². The van der Waals surface area contributed by atoms with Gasteiger partial charge >= 0.3 is 5.97 Å². The Bertz CT molecular complexity index is 477. The molecular weight excluding hydrogens is 318 g/mol. The minimum absolute atomic E-state index is 0.208. The molecule has 1 amide bonds. The Morgan fingerprint density at radius 3 is 2.50 bits per heavy atom. The molecular formula is C12H12BrNO3S. The number of carboxylic acid groups (broad SMARTS) is 1. The Kier molecular flexibility index (Phi) is 3.97. The highest BCUT2D eigenvalue weighted by Crippen LogP contribution is 2.41. The summed E-state index contributed by atoms with van der Waals surface area (Å²) in [7, 11) is 0. The van der Waals surface area contributed by atoms with Gasteiger partial charge in [-0.05, 0) is 17.7 Å². The molecule has 2 atom stereocenters. The minimum Gasteiger partial charge on any atom is -0.480 e. The summed E-state index contributed by atoms with van der Waals surface area (Å²) in [6.07, 6.45) is 0. The average molecular weight is 330 g/mol. The molecule has 4 nitrogen and oxygen atoms in total. The SMILES string of the molecule is CC(=O)N1[C@@H](c2ccc(Br)cc2)SC[C@H]1C(=O)O. The molecule has 0 saturated carbocycles. The molecule has 0 aliphatic carbocycles. The van der Waals surface area contributed by atoms with E-state index in [-0.39, 0.29) is 11.3 Å². The molecule has 6 heteroatoms. The maximum atomic E-state index is 11.7. The number of carbonyl (C=O) groups is 2. The highest BCUT2D eigenvalue weighted by molar-refractivity contribution is 9.10. The van der Waals surface area contributed by atoms with Crippen molar-refractivity contribution in [1.82, 2.24) is 4.90 Å². The van der Waals surface area contributed by atoms with Crippen LogP contribution < -0.4 is 0 Å². The first-order valence-corrected chi connectivity index (χ1v) is 7.23. The Morgan fingerprint density at radius 2 is 2.00 bits per heavy atom. The van der Waals surface area contributed by atoms with Gasteiger partial charge in [-0.3, -0.25) is 4.79 Å². The molecule has 0 unspecified atom stereocenters. The summed E-state index contributed by atoms with van der Waals surface area (Å²) in [6.45, 7) is 1.41. The molecule has 1 aliphatic rings. The van der Waals surface area contributed by atoms with Gasteiger partial charge in [0, 0.05) is 17.1 Å². The van der Waals surface area contributed by atoms with E-state index in [4.69, 9.17) is 5.11 Å². The molecule has 1 aliphatic heterocycles. The van der Waals surface area contributed by atoms with E-state index in [1.165, 1.54) is 23.6 Å². The molecule has 18 heavy (non-hydrogen) atoms. The van der Waals surface area contributed by atoms with Crippen LogP contribution in [0.4, 0.5) is 0 Å². The monoisotopic (exact) mass is 329 g/mol. The molecule has 1 saturated heterocycles. The summed E-state index contributed by atoms with van der Waals surface area (Å²) in [5, 5.41) is 8.92. The van der Waals surface area contributed by atoms with Gasteiger partial charge in [0.1, 0.15) is 11.4 Å². The fourth-order valence-corrected chi connectivity index (χ4v) is 3.70. The second-order valence-electron chi connectivity index (χ2n) is 4.02. The Labute approximate surface area is 117 Å². The number of nitrogens with zero attached hydrogens (tertiary/aromatic N) is 1. The maximum absolute atomic E-state index is 11.7. The lowest BCUT2D eigenvalue weighted by Gasteiger charge is -2.26. The summed E-state index contributed by atoms with van der Waals surface area (Å²) in [5.41, 5.74) is 0.946. The fraction of sp³-hybridized carbons (Fsp3) is 0.333. The van der Waals surface area contributed by atoms with Crippen LogP contribution >= 0.6 is 27.7 Å². The van der Waals surface area contributed by atoms with Gasteiger partial charge < -0.3 is 10.0 Å². The third-order valence-electron chi connectivity index (χ3n) is 2.80. The number of thioether (sulfide) groups is 1. The van der Waals surface area contributed by atoms with E-state index in [0.717, 1.165) is 10.0 Å². The van der Waals surface area contributed by atoms with Crippen LogP contribution in [-0.4, -0.2) is 33.7 Å². The number of aliphatic carboxylic acids is 1. The third kappa shape index (κ3) is 2.54. The minimum atomic E-state index is -0.947. The van der Waals surface area contributed by atoms with E-state index < -0.39 is 12.0 Å². The number of carbonyl (C=O) groups excluding carboxylic acids is 1. The van der Waals surface area contributed by atoms with Crippen molar-refractivity contribution < 1.29 is 14.7 Å². The molecule has 0 aromatic heterocycles. The van der Waals surface area contributed by atoms with Gasteiger partial charge in [0.25, 0.3) is 0 Å². The number of hydrogen-bond donors (Lipinski definition) is 1. The Hall–Kier alpha value is -1.01. The van der Waals surface area contributed by atoms with Crippen molar-refractivity contribution in [3.63, 3.8) is 0 Å². The first kappa shape index (κ1) is 13.4. The number of carboxylic acids is 1. The Balaban J connectivity index is 2.30. The van der Waals surface area contributed by atoms with Crippen molar-refractivity contribution >= 4 is 39.6 Å².